The number of hydrogen-bond acceptors (Lipinski definition) is 0. The fourth-order valence-electron chi connectivity index (χ4n) is 2.89. The number of aryl methyl sites for hydroxylation is 1. The first-order chi connectivity index (χ1) is 11.3. The Balaban J connectivity index is 0.000000485. The second-order valence-electron chi connectivity index (χ2n) is 5.61. The third kappa shape index (κ3) is 2.78. The quantitative estimate of drug-likeness (QED) is 0.364. The molecule has 1 heteroatoms. The predicted molar refractivity (Wildman–Crippen MR) is 101 cm³/mol. The Morgan fingerprint density at radius 1 is 0.739 bits per heavy atom. The number of para-hydroxylation sites is 2. The molecular formula is C22H21N. The topological polar surface area (TPSA) is 4.93 Å². The highest BCUT2D eigenvalue weighted by atomic mass is 15.0. The number of hydrogen-bond donors (Lipinski definition) is 0. The van der Waals surface area contributed by atoms with E-state index in [0.717, 1.165) is 0 Å². The van der Waals surface area contributed by atoms with Crippen molar-refractivity contribution >= 4 is 21.8 Å². The van der Waals surface area contributed by atoms with Gasteiger partial charge in [-0.05, 0) is 38.1 Å². The summed E-state index contributed by atoms with van der Waals surface area (Å²) in [6.07, 6.45) is 1.75. The molecule has 0 spiro atoms. The lowest BCUT2D eigenvalue weighted by molar-refractivity contribution is 1.17. The lowest BCUT2D eigenvalue weighted by atomic mass is 10.2. The van der Waals surface area contributed by atoms with E-state index >= 15 is 0 Å². The largest absolute Gasteiger partial charge is 0.309 e. The Hall–Kier alpha value is -2.80. The highest BCUT2D eigenvalue weighted by Gasteiger charge is 2.10. The van der Waals surface area contributed by atoms with Crippen LogP contribution in [0.2, 0.25) is 0 Å². The SMILES string of the molecule is C=CC.Cc1ccc(-n2c3ccccc3c3ccccc32)cc1. The first-order valence-electron chi connectivity index (χ1n) is 7.88. The Morgan fingerprint density at radius 2 is 1.17 bits per heavy atom. The standard InChI is InChI=1S/C19H15N.C3H6/c1-14-10-12-15(13-11-14)20-18-8-4-2-6-16(18)17-7-3-5-9-19(17)20;1-3-2/h2-13H,1H3;3H,1H2,2H3. The van der Waals surface area contributed by atoms with Crippen LogP contribution in [0.25, 0.3) is 27.5 Å². The fourth-order valence-corrected chi connectivity index (χ4v) is 2.89. The van der Waals surface area contributed by atoms with Crippen LogP contribution >= 0.6 is 0 Å². The Labute approximate surface area is 137 Å². The van der Waals surface area contributed by atoms with E-state index in [1.165, 1.54) is 33.1 Å². The summed E-state index contributed by atoms with van der Waals surface area (Å²) in [4.78, 5) is 0. The van der Waals surface area contributed by atoms with Crippen LogP contribution in [0.3, 0.4) is 0 Å². The highest BCUT2D eigenvalue weighted by Crippen LogP contribution is 2.31. The summed E-state index contributed by atoms with van der Waals surface area (Å²) in [5.41, 5.74) is 5.03. The molecule has 0 aliphatic rings. The average Bonchev–Trinajstić information content (AvgIpc) is 2.91. The van der Waals surface area contributed by atoms with Crippen molar-refractivity contribution in [2.24, 2.45) is 0 Å². The maximum Gasteiger partial charge on any atom is 0.0541 e. The third-order valence-corrected chi connectivity index (χ3v) is 3.87. The molecule has 0 fully saturated rings. The molecule has 0 aliphatic heterocycles. The summed E-state index contributed by atoms with van der Waals surface area (Å²) in [6.45, 7) is 7.37. The normalized spacial score (nSPS) is 10.3. The predicted octanol–water partition coefficient (Wildman–Crippen LogP) is 6.28. The lowest BCUT2D eigenvalue weighted by Crippen LogP contribution is -1.93. The molecule has 4 aromatic rings. The van der Waals surface area contributed by atoms with Gasteiger partial charge in [0.05, 0.1) is 11.0 Å². The maximum atomic E-state index is 3.36. The van der Waals surface area contributed by atoms with Gasteiger partial charge in [-0.2, -0.15) is 0 Å². The summed E-state index contributed by atoms with van der Waals surface area (Å²) in [7, 11) is 0. The van der Waals surface area contributed by atoms with E-state index in [9.17, 15) is 0 Å². The van der Waals surface area contributed by atoms with Crippen LogP contribution in [0.1, 0.15) is 12.5 Å². The summed E-state index contributed by atoms with van der Waals surface area (Å²) >= 11 is 0. The Bertz CT molecular complexity index is 889. The van der Waals surface area contributed by atoms with Gasteiger partial charge in [0, 0.05) is 16.5 Å². The van der Waals surface area contributed by atoms with Crippen molar-refractivity contribution in [3.05, 3.63) is 91.0 Å². The number of fused-ring (bicyclic) bond motifs is 3. The molecule has 0 atom stereocenters. The molecule has 1 heterocycles. The van der Waals surface area contributed by atoms with Gasteiger partial charge in [-0.3, -0.25) is 0 Å². The van der Waals surface area contributed by atoms with E-state index in [4.69, 9.17) is 0 Å². The lowest BCUT2D eigenvalue weighted by Gasteiger charge is -2.07. The Kier molecular flexibility index (Phi) is 4.29. The van der Waals surface area contributed by atoms with Gasteiger partial charge in [-0.1, -0.05) is 60.2 Å². The van der Waals surface area contributed by atoms with E-state index in [1.807, 2.05) is 6.92 Å². The van der Waals surface area contributed by atoms with Crippen molar-refractivity contribution in [2.75, 3.05) is 0 Å². The van der Waals surface area contributed by atoms with Crippen LogP contribution in [-0.2, 0) is 0 Å². The maximum absolute atomic E-state index is 3.36. The molecule has 0 unspecified atom stereocenters. The molecule has 0 amide bonds. The van der Waals surface area contributed by atoms with Crippen molar-refractivity contribution in [2.45, 2.75) is 13.8 Å². The minimum Gasteiger partial charge on any atom is -0.309 e. The summed E-state index contributed by atoms with van der Waals surface area (Å²) in [5.74, 6) is 0. The van der Waals surface area contributed by atoms with Crippen LogP contribution < -0.4 is 0 Å². The molecule has 114 valence electrons. The van der Waals surface area contributed by atoms with Crippen LogP contribution in [-0.4, -0.2) is 4.57 Å². The molecule has 0 bridgehead atoms. The molecule has 0 radical (unpaired) electrons. The van der Waals surface area contributed by atoms with Gasteiger partial charge in [0.2, 0.25) is 0 Å². The summed E-state index contributed by atoms with van der Waals surface area (Å²) < 4.78 is 2.34. The molecule has 0 N–H and O–H groups in total. The molecule has 4 rings (SSSR count). The number of benzene rings is 3. The van der Waals surface area contributed by atoms with Gasteiger partial charge >= 0.3 is 0 Å². The van der Waals surface area contributed by atoms with Crippen LogP contribution in [0.4, 0.5) is 0 Å². The molecule has 23 heavy (non-hydrogen) atoms. The second kappa shape index (κ2) is 6.53. The van der Waals surface area contributed by atoms with Gasteiger partial charge in [0.25, 0.3) is 0 Å². The summed E-state index contributed by atoms with van der Waals surface area (Å²) in [5, 5.41) is 2.62. The first-order valence-corrected chi connectivity index (χ1v) is 7.88. The molecule has 0 saturated heterocycles. The minimum absolute atomic E-state index is 1.22. The van der Waals surface area contributed by atoms with Gasteiger partial charge in [0.15, 0.2) is 0 Å². The number of aromatic nitrogens is 1. The highest BCUT2D eigenvalue weighted by molar-refractivity contribution is 6.09. The Morgan fingerprint density at radius 3 is 1.65 bits per heavy atom. The zero-order valence-electron chi connectivity index (χ0n) is 13.7. The van der Waals surface area contributed by atoms with Gasteiger partial charge in [-0.25, -0.2) is 0 Å². The van der Waals surface area contributed by atoms with Crippen molar-refractivity contribution in [1.82, 2.24) is 4.57 Å². The molecule has 3 aromatic carbocycles. The zero-order valence-corrected chi connectivity index (χ0v) is 13.7. The monoisotopic (exact) mass is 299 g/mol. The van der Waals surface area contributed by atoms with Crippen molar-refractivity contribution < 1.29 is 0 Å². The van der Waals surface area contributed by atoms with Crippen molar-refractivity contribution in [3.8, 4) is 5.69 Å². The minimum atomic E-state index is 1.22. The van der Waals surface area contributed by atoms with Gasteiger partial charge in [0.1, 0.15) is 0 Å². The van der Waals surface area contributed by atoms with E-state index in [1.54, 1.807) is 6.08 Å². The molecular weight excluding hydrogens is 278 g/mol. The molecule has 0 saturated carbocycles. The van der Waals surface area contributed by atoms with E-state index in [2.05, 4.69) is 90.9 Å². The van der Waals surface area contributed by atoms with E-state index < -0.39 is 0 Å². The van der Waals surface area contributed by atoms with Gasteiger partial charge < -0.3 is 4.57 Å². The molecule has 1 aromatic heterocycles. The van der Waals surface area contributed by atoms with E-state index in [0.29, 0.717) is 0 Å². The van der Waals surface area contributed by atoms with Crippen molar-refractivity contribution in [3.63, 3.8) is 0 Å². The smallest absolute Gasteiger partial charge is 0.0541 e. The van der Waals surface area contributed by atoms with Crippen LogP contribution in [0, 0.1) is 6.92 Å². The fraction of sp³-hybridized carbons (Fsp3) is 0.0909. The van der Waals surface area contributed by atoms with Crippen molar-refractivity contribution in [1.29, 1.82) is 0 Å². The average molecular weight is 299 g/mol. The van der Waals surface area contributed by atoms with E-state index in [-0.39, 0.29) is 0 Å². The summed E-state index contributed by atoms with van der Waals surface area (Å²) in [6, 6.07) is 25.9. The zero-order chi connectivity index (χ0) is 16.2. The number of allylic oxidation sites excluding steroid dienone is 1. The van der Waals surface area contributed by atoms with Crippen LogP contribution in [0.15, 0.2) is 85.5 Å². The molecule has 0 aliphatic carbocycles. The third-order valence-electron chi connectivity index (χ3n) is 3.87. The first kappa shape index (κ1) is 15.1. The van der Waals surface area contributed by atoms with Crippen LogP contribution in [0.5, 0.6) is 0 Å². The number of rotatable bonds is 1. The molecule has 1 nitrogen and oxygen atoms in total. The van der Waals surface area contributed by atoms with Gasteiger partial charge in [-0.15, -0.1) is 6.58 Å². The number of nitrogens with zero attached hydrogens (tertiary/aromatic N) is 1. The second-order valence-corrected chi connectivity index (χ2v) is 5.61.